The molecule has 0 N–H and O–H groups in total. The third-order valence-corrected chi connectivity index (χ3v) is 6.35. The van der Waals surface area contributed by atoms with Crippen LogP contribution in [0.5, 0.6) is 0 Å². The number of pyridine rings is 1. The second kappa shape index (κ2) is 6.86. The minimum Gasteiger partial charge on any atom is -0.342 e. The Kier molecular flexibility index (Phi) is 4.56. The molecule has 1 amide bonds. The molecule has 3 heteroatoms. The topological polar surface area (TPSA) is 33.2 Å². The summed E-state index contributed by atoms with van der Waals surface area (Å²) >= 11 is 0. The molecule has 1 fully saturated rings. The Morgan fingerprint density at radius 2 is 1.85 bits per heavy atom. The van der Waals surface area contributed by atoms with Crippen molar-refractivity contribution in [3.63, 3.8) is 0 Å². The normalized spacial score (nSPS) is 23.5. The summed E-state index contributed by atoms with van der Waals surface area (Å²) < 4.78 is 0. The molecule has 26 heavy (non-hydrogen) atoms. The zero-order valence-electron chi connectivity index (χ0n) is 15.9. The van der Waals surface area contributed by atoms with Crippen molar-refractivity contribution >= 4 is 5.91 Å². The van der Waals surface area contributed by atoms with Crippen LogP contribution in [0.1, 0.15) is 54.5 Å². The molecule has 0 bridgehead atoms. The maximum atomic E-state index is 13.3. The lowest BCUT2D eigenvalue weighted by Gasteiger charge is -2.40. The highest BCUT2D eigenvalue weighted by Gasteiger charge is 2.40. The fraction of sp³-hybridized carbons (Fsp3) is 0.478. The molecule has 2 aliphatic rings. The van der Waals surface area contributed by atoms with Crippen LogP contribution in [0.3, 0.4) is 0 Å². The average Bonchev–Trinajstić information content (AvgIpc) is 2.68. The number of carbonyl (C=O) groups excluding carboxylic acids is 1. The van der Waals surface area contributed by atoms with Gasteiger partial charge in [-0.2, -0.15) is 0 Å². The lowest BCUT2D eigenvalue weighted by atomic mass is 9.71. The zero-order valence-corrected chi connectivity index (χ0v) is 15.9. The Bertz CT molecular complexity index is 790. The molecule has 1 aromatic heterocycles. The molecular formula is C23H28N2O. The molecule has 1 atom stereocenters. The molecule has 3 nitrogen and oxygen atoms in total. The number of hydrogen-bond donors (Lipinski definition) is 0. The highest BCUT2D eigenvalue weighted by molar-refractivity contribution is 5.83. The van der Waals surface area contributed by atoms with Gasteiger partial charge >= 0.3 is 0 Å². The van der Waals surface area contributed by atoms with Crippen molar-refractivity contribution in [3.05, 3.63) is 65.0 Å². The van der Waals surface area contributed by atoms with Gasteiger partial charge in [0.25, 0.3) is 0 Å². The first-order chi connectivity index (χ1) is 12.5. The van der Waals surface area contributed by atoms with Crippen LogP contribution in [0.25, 0.3) is 0 Å². The Morgan fingerprint density at radius 1 is 1.12 bits per heavy atom. The SMILES string of the molecule is Cc1ccc(C2CCN(C(=O)[C@@]3(C)CCc4ccccc4C3)CC2)cn1. The van der Waals surface area contributed by atoms with E-state index in [9.17, 15) is 4.79 Å². The van der Waals surface area contributed by atoms with Crippen LogP contribution < -0.4 is 0 Å². The molecular weight excluding hydrogens is 320 g/mol. The van der Waals surface area contributed by atoms with E-state index < -0.39 is 0 Å². The summed E-state index contributed by atoms with van der Waals surface area (Å²) in [5.74, 6) is 0.888. The minimum atomic E-state index is -0.243. The van der Waals surface area contributed by atoms with Gasteiger partial charge in [-0.05, 0) is 67.7 Å². The van der Waals surface area contributed by atoms with Crippen molar-refractivity contribution in [2.24, 2.45) is 5.41 Å². The first-order valence-electron chi connectivity index (χ1n) is 9.84. The maximum absolute atomic E-state index is 13.3. The third kappa shape index (κ3) is 3.27. The molecule has 0 unspecified atom stereocenters. The molecule has 1 aromatic carbocycles. The molecule has 1 saturated heterocycles. The quantitative estimate of drug-likeness (QED) is 0.811. The van der Waals surface area contributed by atoms with Crippen LogP contribution in [0.4, 0.5) is 0 Å². The van der Waals surface area contributed by atoms with E-state index in [1.54, 1.807) is 0 Å². The largest absolute Gasteiger partial charge is 0.342 e. The van der Waals surface area contributed by atoms with Gasteiger partial charge < -0.3 is 4.90 Å². The summed E-state index contributed by atoms with van der Waals surface area (Å²) in [6.07, 6.45) is 6.96. The van der Waals surface area contributed by atoms with Crippen LogP contribution >= 0.6 is 0 Å². The standard InChI is InChI=1S/C23H28N2O/c1-17-7-8-21(16-24-17)19-10-13-25(14-11-19)22(26)23(2)12-9-18-5-3-4-6-20(18)15-23/h3-8,16,19H,9-15H2,1-2H3/t23-/m0/s1. The van der Waals surface area contributed by atoms with Gasteiger partial charge in [-0.15, -0.1) is 0 Å². The van der Waals surface area contributed by atoms with Gasteiger partial charge in [0.1, 0.15) is 0 Å². The van der Waals surface area contributed by atoms with E-state index in [1.807, 2.05) is 13.1 Å². The third-order valence-electron chi connectivity index (χ3n) is 6.35. The summed E-state index contributed by atoms with van der Waals surface area (Å²) in [6, 6.07) is 12.9. The first-order valence-corrected chi connectivity index (χ1v) is 9.84. The molecule has 1 aliphatic carbocycles. The van der Waals surface area contributed by atoms with Gasteiger partial charge in [-0.25, -0.2) is 0 Å². The van der Waals surface area contributed by atoms with Crippen molar-refractivity contribution in [2.75, 3.05) is 13.1 Å². The number of likely N-dealkylation sites (tertiary alicyclic amines) is 1. The zero-order chi connectivity index (χ0) is 18.1. The predicted octanol–water partition coefficient (Wildman–Crippen LogP) is 4.29. The Morgan fingerprint density at radius 3 is 2.54 bits per heavy atom. The molecule has 0 saturated carbocycles. The lowest BCUT2D eigenvalue weighted by molar-refractivity contribution is -0.143. The van der Waals surface area contributed by atoms with Crippen molar-refractivity contribution in [3.8, 4) is 0 Å². The van der Waals surface area contributed by atoms with E-state index in [1.165, 1.54) is 16.7 Å². The fourth-order valence-corrected chi connectivity index (χ4v) is 4.59. The van der Waals surface area contributed by atoms with Gasteiger partial charge in [-0.1, -0.05) is 37.3 Å². The monoisotopic (exact) mass is 348 g/mol. The fourth-order valence-electron chi connectivity index (χ4n) is 4.59. The van der Waals surface area contributed by atoms with Crippen LogP contribution in [0.15, 0.2) is 42.6 Å². The van der Waals surface area contributed by atoms with Crippen LogP contribution in [0.2, 0.25) is 0 Å². The van der Waals surface area contributed by atoms with Crippen molar-refractivity contribution in [1.82, 2.24) is 9.88 Å². The Balaban J connectivity index is 1.41. The lowest BCUT2D eigenvalue weighted by Crippen LogP contribution is -2.48. The van der Waals surface area contributed by atoms with Crippen molar-refractivity contribution < 1.29 is 4.79 Å². The highest BCUT2D eigenvalue weighted by atomic mass is 16.2. The molecule has 0 radical (unpaired) electrons. The van der Waals surface area contributed by atoms with Gasteiger partial charge in [0, 0.05) is 25.0 Å². The van der Waals surface area contributed by atoms with E-state index in [0.29, 0.717) is 11.8 Å². The van der Waals surface area contributed by atoms with E-state index >= 15 is 0 Å². The van der Waals surface area contributed by atoms with Gasteiger partial charge in [0.2, 0.25) is 5.91 Å². The number of benzene rings is 1. The molecule has 1 aliphatic heterocycles. The summed E-state index contributed by atoms with van der Waals surface area (Å²) in [5.41, 5.74) is 4.91. The molecule has 136 valence electrons. The number of piperidine rings is 1. The molecule has 0 spiro atoms. The Labute approximate surface area is 156 Å². The number of aryl methyl sites for hydroxylation is 2. The number of nitrogens with zero attached hydrogens (tertiary/aromatic N) is 2. The smallest absolute Gasteiger partial charge is 0.228 e. The number of aromatic nitrogens is 1. The van der Waals surface area contributed by atoms with E-state index in [4.69, 9.17) is 0 Å². The van der Waals surface area contributed by atoms with E-state index in [2.05, 4.69) is 53.2 Å². The number of hydrogen-bond acceptors (Lipinski definition) is 2. The summed E-state index contributed by atoms with van der Waals surface area (Å²) in [5, 5.41) is 0. The average molecular weight is 348 g/mol. The number of rotatable bonds is 2. The summed E-state index contributed by atoms with van der Waals surface area (Å²) in [4.78, 5) is 19.8. The van der Waals surface area contributed by atoms with Crippen LogP contribution in [-0.2, 0) is 17.6 Å². The van der Waals surface area contributed by atoms with Crippen molar-refractivity contribution in [1.29, 1.82) is 0 Å². The molecule has 2 heterocycles. The van der Waals surface area contributed by atoms with Crippen LogP contribution in [0, 0.1) is 12.3 Å². The predicted molar refractivity (Wildman–Crippen MR) is 104 cm³/mol. The second-order valence-electron chi connectivity index (χ2n) is 8.31. The highest BCUT2D eigenvalue weighted by Crippen LogP contribution is 2.38. The maximum Gasteiger partial charge on any atom is 0.228 e. The second-order valence-corrected chi connectivity index (χ2v) is 8.31. The number of amides is 1. The van der Waals surface area contributed by atoms with Gasteiger partial charge in [0.15, 0.2) is 0 Å². The molecule has 2 aromatic rings. The number of carbonyl (C=O) groups is 1. The summed E-state index contributed by atoms with van der Waals surface area (Å²) in [7, 11) is 0. The van der Waals surface area contributed by atoms with Gasteiger partial charge in [-0.3, -0.25) is 9.78 Å². The summed E-state index contributed by atoms with van der Waals surface area (Å²) in [6.45, 7) is 5.93. The van der Waals surface area contributed by atoms with Gasteiger partial charge in [0.05, 0.1) is 5.41 Å². The van der Waals surface area contributed by atoms with Crippen molar-refractivity contribution in [2.45, 2.75) is 51.9 Å². The van der Waals surface area contributed by atoms with Crippen LogP contribution in [-0.4, -0.2) is 28.9 Å². The van der Waals surface area contributed by atoms with E-state index in [-0.39, 0.29) is 5.41 Å². The Hall–Kier alpha value is -2.16. The van der Waals surface area contributed by atoms with E-state index in [0.717, 1.165) is 50.9 Å². The number of fused-ring (bicyclic) bond motifs is 1. The molecule has 4 rings (SSSR count). The minimum absolute atomic E-state index is 0.243. The first kappa shape index (κ1) is 17.3.